The maximum absolute atomic E-state index is 13.0. The molecule has 2 aromatic heterocycles. The number of carbonyl (C=O) groups is 1. The van der Waals surface area contributed by atoms with Gasteiger partial charge in [0.25, 0.3) is 5.91 Å². The van der Waals surface area contributed by atoms with Crippen molar-refractivity contribution in [3.8, 4) is 11.4 Å². The van der Waals surface area contributed by atoms with Gasteiger partial charge in [-0.2, -0.15) is 4.98 Å². The number of tetrazole rings is 1. The fourth-order valence-corrected chi connectivity index (χ4v) is 3.16. The summed E-state index contributed by atoms with van der Waals surface area (Å²) < 4.78 is 6.68. The number of aromatic nitrogens is 6. The van der Waals surface area contributed by atoms with Crippen molar-refractivity contribution in [2.75, 3.05) is 6.54 Å². The first-order chi connectivity index (χ1) is 12.6. The number of benzene rings is 1. The highest BCUT2D eigenvalue weighted by Crippen LogP contribution is 2.33. The standard InChI is InChI=1S/C16H17N7O3/c1-10-18-15(26-19-10)13-4-2-3-7-22(13)16(25)12-6-5-11(8-14(12)24)23-9-17-20-21-23/h5-6,8-9,13,24H,2-4,7H2,1H3. The van der Waals surface area contributed by atoms with Gasteiger partial charge in [-0.25, -0.2) is 4.68 Å². The van der Waals surface area contributed by atoms with Gasteiger partial charge in [-0.15, -0.1) is 5.10 Å². The number of piperidine rings is 1. The fraction of sp³-hybridized carbons (Fsp3) is 0.375. The highest BCUT2D eigenvalue weighted by Gasteiger charge is 2.33. The van der Waals surface area contributed by atoms with Gasteiger partial charge < -0.3 is 14.5 Å². The Morgan fingerprint density at radius 2 is 2.23 bits per heavy atom. The van der Waals surface area contributed by atoms with Crippen LogP contribution in [0.4, 0.5) is 0 Å². The van der Waals surface area contributed by atoms with Crippen molar-refractivity contribution in [3.05, 3.63) is 41.8 Å². The third-order valence-electron chi connectivity index (χ3n) is 4.42. The van der Waals surface area contributed by atoms with Crippen LogP contribution in [0.3, 0.4) is 0 Å². The third-order valence-corrected chi connectivity index (χ3v) is 4.42. The average molecular weight is 355 g/mol. The summed E-state index contributed by atoms with van der Waals surface area (Å²) >= 11 is 0. The molecule has 1 saturated heterocycles. The molecule has 0 radical (unpaired) electrons. The molecule has 10 nitrogen and oxygen atoms in total. The Morgan fingerprint density at radius 3 is 2.92 bits per heavy atom. The zero-order chi connectivity index (χ0) is 18.1. The predicted octanol–water partition coefficient (Wildman–Crippen LogP) is 1.43. The first-order valence-corrected chi connectivity index (χ1v) is 8.31. The maximum Gasteiger partial charge on any atom is 0.258 e. The van der Waals surface area contributed by atoms with Crippen LogP contribution in [0, 0.1) is 6.92 Å². The molecule has 0 bridgehead atoms. The van der Waals surface area contributed by atoms with Crippen molar-refractivity contribution in [2.24, 2.45) is 0 Å². The molecule has 134 valence electrons. The molecule has 1 aromatic carbocycles. The van der Waals surface area contributed by atoms with Crippen LogP contribution < -0.4 is 0 Å². The largest absolute Gasteiger partial charge is 0.507 e. The van der Waals surface area contributed by atoms with E-state index in [1.165, 1.54) is 17.1 Å². The van der Waals surface area contributed by atoms with Crippen LogP contribution in [0.2, 0.25) is 0 Å². The number of nitrogens with zero attached hydrogens (tertiary/aromatic N) is 7. The number of amides is 1. The van der Waals surface area contributed by atoms with Gasteiger partial charge in [-0.1, -0.05) is 5.16 Å². The minimum Gasteiger partial charge on any atom is -0.507 e. The summed E-state index contributed by atoms with van der Waals surface area (Å²) in [5.41, 5.74) is 0.775. The Labute approximate surface area is 148 Å². The van der Waals surface area contributed by atoms with Crippen molar-refractivity contribution >= 4 is 5.91 Å². The van der Waals surface area contributed by atoms with Crippen LogP contribution in [0.1, 0.15) is 47.4 Å². The zero-order valence-electron chi connectivity index (χ0n) is 14.1. The van der Waals surface area contributed by atoms with E-state index in [0.29, 0.717) is 23.9 Å². The lowest BCUT2D eigenvalue weighted by molar-refractivity contribution is 0.0558. The van der Waals surface area contributed by atoms with Crippen LogP contribution in [0.25, 0.3) is 5.69 Å². The second kappa shape index (κ2) is 6.54. The molecule has 0 saturated carbocycles. The molecule has 26 heavy (non-hydrogen) atoms. The van der Waals surface area contributed by atoms with E-state index in [1.807, 2.05) is 0 Å². The van der Waals surface area contributed by atoms with E-state index >= 15 is 0 Å². The zero-order valence-corrected chi connectivity index (χ0v) is 14.1. The number of carbonyl (C=O) groups excluding carboxylic acids is 1. The van der Waals surface area contributed by atoms with Crippen LogP contribution in [0.5, 0.6) is 5.75 Å². The van der Waals surface area contributed by atoms with Gasteiger partial charge in [0.1, 0.15) is 18.1 Å². The summed E-state index contributed by atoms with van der Waals surface area (Å²) in [6, 6.07) is 4.42. The van der Waals surface area contributed by atoms with Gasteiger partial charge in [0.05, 0.1) is 11.3 Å². The Balaban J connectivity index is 1.63. The topological polar surface area (TPSA) is 123 Å². The number of hydrogen-bond acceptors (Lipinski definition) is 8. The quantitative estimate of drug-likeness (QED) is 0.748. The van der Waals surface area contributed by atoms with Crippen molar-refractivity contribution in [3.63, 3.8) is 0 Å². The monoisotopic (exact) mass is 355 g/mol. The van der Waals surface area contributed by atoms with Gasteiger partial charge in [0.2, 0.25) is 5.89 Å². The number of phenols is 1. The lowest BCUT2D eigenvalue weighted by atomic mass is 10.00. The van der Waals surface area contributed by atoms with Crippen LogP contribution in [-0.2, 0) is 0 Å². The minimum atomic E-state index is -0.281. The summed E-state index contributed by atoms with van der Waals surface area (Å²) in [7, 11) is 0. The van der Waals surface area contributed by atoms with Crippen molar-refractivity contribution in [2.45, 2.75) is 32.2 Å². The van der Waals surface area contributed by atoms with E-state index in [2.05, 4.69) is 25.7 Å². The Morgan fingerprint density at radius 1 is 1.35 bits per heavy atom. The molecule has 1 aliphatic rings. The molecule has 4 rings (SSSR count). The van der Waals surface area contributed by atoms with E-state index in [4.69, 9.17) is 4.52 Å². The summed E-state index contributed by atoms with van der Waals surface area (Å²) in [5, 5.41) is 25.1. The minimum absolute atomic E-state index is 0.131. The van der Waals surface area contributed by atoms with E-state index < -0.39 is 0 Å². The van der Waals surface area contributed by atoms with Crippen LogP contribution in [0.15, 0.2) is 29.0 Å². The van der Waals surface area contributed by atoms with E-state index in [9.17, 15) is 9.90 Å². The van der Waals surface area contributed by atoms with E-state index in [1.54, 1.807) is 24.0 Å². The highest BCUT2D eigenvalue weighted by atomic mass is 16.5. The molecule has 1 aliphatic heterocycles. The predicted molar refractivity (Wildman–Crippen MR) is 87.5 cm³/mol. The van der Waals surface area contributed by atoms with E-state index in [0.717, 1.165) is 19.3 Å². The number of aryl methyl sites for hydroxylation is 1. The summed E-state index contributed by atoms with van der Waals surface area (Å²) in [5.74, 6) is 0.562. The molecule has 0 spiro atoms. The van der Waals surface area contributed by atoms with Crippen LogP contribution >= 0.6 is 0 Å². The van der Waals surface area contributed by atoms with Crippen molar-refractivity contribution in [1.82, 2.24) is 35.2 Å². The van der Waals surface area contributed by atoms with Gasteiger partial charge >= 0.3 is 0 Å². The molecular formula is C16H17N7O3. The summed E-state index contributed by atoms with van der Waals surface area (Å²) in [6.45, 7) is 2.31. The highest BCUT2D eigenvalue weighted by molar-refractivity contribution is 5.97. The first kappa shape index (κ1) is 16.2. The molecular weight excluding hydrogens is 338 g/mol. The molecule has 3 heterocycles. The molecule has 1 fully saturated rings. The van der Waals surface area contributed by atoms with Gasteiger partial charge in [-0.05, 0) is 48.7 Å². The maximum atomic E-state index is 13.0. The van der Waals surface area contributed by atoms with Gasteiger partial charge in [0, 0.05) is 12.6 Å². The average Bonchev–Trinajstić information content (AvgIpc) is 3.33. The van der Waals surface area contributed by atoms with E-state index in [-0.39, 0.29) is 23.3 Å². The number of hydrogen-bond donors (Lipinski definition) is 1. The molecule has 1 amide bonds. The second-order valence-corrected chi connectivity index (χ2v) is 6.15. The normalized spacial score (nSPS) is 17.4. The summed E-state index contributed by atoms with van der Waals surface area (Å²) in [6.07, 6.45) is 4.02. The smallest absolute Gasteiger partial charge is 0.258 e. The lowest BCUT2D eigenvalue weighted by Gasteiger charge is -2.33. The molecule has 1 N–H and O–H groups in total. The SMILES string of the molecule is Cc1noc(C2CCCCN2C(=O)c2ccc(-n3cnnn3)cc2O)n1. The molecule has 1 unspecified atom stereocenters. The molecule has 3 aromatic rings. The third kappa shape index (κ3) is 2.89. The molecule has 10 heteroatoms. The fourth-order valence-electron chi connectivity index (χ4n) is 3.16. The molecule has 0 aliphatic carbocycles. The van der Waals surface area contributed by atoms with Crippen molar-refractivity contribution in [1.29, 1.82) is 0 Å². The second-order valence-electron chi connectivity index (χ2n) is 6.15. The Kier molecular flexibility index (Phi) is 4.07. The number of aromatic hydroxyl groups is 1. The number of likely N-dealkylation sites (tertiary alicyclic amines) is 1. The van der Waals surface area contributed by atoms with Crippen molar-refractivity contribution < 1.29 is 14.4 Å². The summed E-state index contributed by atoms with van der Waals surface area (Å²) in [4.78, 5) is 19.0. The number of phenolic OH excluding ortho intramolecular Hbond substituents is 1. The molecule has 1 atom stereocenters. The van der Waals surface area contributed by atoms with Gasteiger partial charge in [0.15, 0.2) is 5.82 Å². The number of rotatable bonds is 3. The Bertz CT molecular complexity index is 922. The lowest BCUT2D eigenvalue weighted by Crippen LogP contribution is -2.38. The van der Waals surface area contributed by atoms with Crippen LogP contribution in [-0.4, -0.2) is 52.8 Å². The van der Waals surface area contributed by atoms with Gasteiger partial charge in [-0.3, -0.25) is 4.79 Å². The Hall–Kier alpha value is -3.30. The first-order valence-electron chi connectivity index (χ1n) is 8.31.